The van der Waals surface area contributed by atoms with Crippen molar-refractivity contribution in [3.63, 3.8) is 0 Å². The molecule has 4 nitrogen and oxygen atoms in total. The predicted octanol–water partition coefficient (Wildman–Crippen LogP) is 6.86. The molecule has 1 aromatic carbocycles. The van der Waals surface area contributed by atoms with E-state index in [-0.39, 0.29) is 22.0 Å². The molecule has 32 heavy (non-hydrogen) atoms. The van der Waals surface area contributed by atoms with Crippen LogP contribution in [0.1, 0.15) is 91.0 Å². The second-order valence-corrected chi connectivity index (χ2v) is 11.3. The molecule has 0 amide bonds. The average molecular weight is 479 g/mol. The second-order valence-electron chi connectivity index (χ2n) is 10.6. The van der Waals surface area contributed by atoms with Gasteiger partial charge in [0.25, 0.3) is 10.3 Å². The van der Waals surface area contributed by atoms with E-state index in [2.05, 4.69) is 50.5 Å². The maximum Gasteiger partial charge on any atom is 0.262 e. The van der Waals surface area contributed by atoms with Crippen LogP contribution in [0.2, 0.25) is 0 Å². The molecule has 6 heteroatoms. The molecule has 1 saturated carbocycles. The number of unbranched alkanes of at least 4 members (excludes halogenated alkanes) is 5. The van der Waals surface area contributed by atoms with E-state index in [9.17, 15) is 5.11 Å². The van der Waals surface area contributed by atoms with Crippen LogP contribution in [0.4, 0.5) is 0 Å². The zero-order valence-corrected chi connectivity index (χ0v) is 22.0. The number of benzene rings is 1. The van der Waals surface area contributed by atoms with Gasteiger partial charge in [-0.05, 0) is 79.0 Å². The summed E-state index contributed by atoms with van der Waals surface area (Å²) in [5.41, 5.74) is 1.40. The zero-order chi connectivity index (χ0) is 23.6. The van der Waals surface area contributed by atoms with Crippen LogP contribution >= 0.6 is 24.4 Å². The highest BCUT2D eigenvalue weighted by Gasteiger charge is 2.41. The Morgan fingerprint density at radius 2 is 1.75 bits per heavy atom. The highest BCUT2D eigenvalue weighted by molar-refractivity contribution is 7.80. The van der Waals surface area contributed by atoms with Crippen LogP contribution in [-0.4, -0.2) is 28.0 Å². The molecular formula is C26H42N2O2S2. The van der Waals surface area contributed by atoms with E-state index in [1.807, 2.05) is 12.1 Å². The number of aliphatic hydroxyl groups is 1. The number of ether oxygens (including phenoxy) is 1. The minimum absolute atomic E-state index is 0.0234. The van der Waals surface area contributed by atoms with Crippen molar-refractivity contribution in [2.45, 2.75) is 97.9 Å². The smallest absolute Gasteiger partial charge is 0.262 e. The molecule has 0 heterocycles. The van der Waals surface area contributed by atoms with Gasteiger partial charge in [0.2, 0.25) is 0 Å². The highest BCUT2D eigenvalue weighted by atomic mass is 32.1. The lowest BCUT2D eigenvalue weighted by atomic mass is 9.62. The van der Waals surface area contributed by atoms with Crippen LogP contribution in [0.15, 0.2) is 24.3 Å². The summed E-state index contributed by atoms with van der Waals surface area (Å²) in [4.78, 5) is 0. The fraction of sp³-hybridized carbons (Fsp3) is 0.692. The zero-order valence-electron chi connectivity index (χ0n) is 20.3. The fourth-order valence-electron chi connectivity index (χ4n) is 5.37. The van der Waals surface area contributed by atoms with E-state index in [4.69, 9.17) is 29.2 Å². The van der Waals surface area contributed by atoms with E-state index in [1.54, 1.807) is 0 Å². The molecule has 0 spiro atoms. The molecule has 0 aliphatic heterocycles. The average Bonchev–Trinajstić information content (AvgIpc) is 2.68. The molecule has 0 radical (unpaired) electrons. The lowest BCUT2D eigenvalue weighted by Crippen LogP contribution is -2.50. The molecule has 0 saturated heterocycles. The Labute approximate surface area is 205 Å². The normalized spacial score (nSPS) is 22.2. The molecule has 3 N–H and O–H groups in total. The van der Waals surface area contributed by atoms with Crippen molar-refractivity contribution in [2.75, 3.05) is 6.54 Å². The van der Waals surface area contributed by atoms with Crippen LogP contribution in [0, 0.1) is 10.8 Å². The van der Waals surface area contributed by atoms with E-state index in [0.717, 1.165) is 38.0 Å². The molecule has 0 aromatic heterocycles. The third-order valence-electron chi connectivity index (χ3n) is 6.41. The first kappa shape index (κ1) is 26.8. The number of hydrogen-bond acceptors (Lipinski definition) is 3. The van der Waals surface area contributed by atoms with Crippen LogP contribution in [0.5, 0.6) is 5.75 Å². The molecule has 2 rings (SSSR count). The lowest BCUT2D eigenvalue weighted by molar-refractivity contribution is 0.0785. The first-order valence-electron chi connectivity index (χ1n) is 12.2. The number of nitrogens with one attached hydrogen (secondary N) is 2. The highest BCUT2D eigenvalue weighted by Crippen LogP contribution is 2.45. The van der Waals surface area contributed by atoms with Gasteiger partial charge in [0.15, 0.2) is 0 Å². The van der Waals surface area contributed by atoms with Crippen molar-refractivity contribution in [3.05, 3.63) is 29.8 Å². The van der Waals surface area contributed by atoms with Crippen molar-refractivity contribution in [1.29, 1.82) is 0 Å². The van der Waals surface area contributed by atoms with Gasteiger partial charge >= 0.3 is 0 Å². The lowest BCUT2D eigenvalue weighted by Gasteiger charge is -2.47. The molecule has 1 fully saturated rings. The third kappa shape index (κ3) is 9.62. The molecule has 2 unspecified atom stereocenters. The van der Waals surface area contributed by atoms with Crippen molar-refractivity contribution in [3.8, 4) is 5.75 Å². The van der Waals surface area contributed by atoms with Crippen LogP contribution in [0.25, 0.3) is 0 Å². The summed E-state index contributed by atoms with van der Waals surface area (Å²) in [5, 5.41) is 16.2. The Bertz CT molecular complexity index is 753. The minimum Gasteiger partial charge on any atom is -0.487 e. The summed E-state index contributed by atoms with van der Waals surface area (Å²) in [6.45, 7) is 9.79. The van der Waals surface area contributed by atoms with Gasteiger partial charge in [-0.15, -0.1) is 0 Å². The molecule has 1 aromatic rings. The maximum atomic E-state index is 9.53. The Morgan fingerprint density at radius 3 is 2.47 bits per heavy atom. The Kier molecular flexibility index (Phi) is 10.7. The summed E-state index contributed by atoms with van der Waals surface area (Å²) in [5.74, 6) is 0.859. The third-order valence-corrected chi connectivity index (χ3v) is 6.75. The van der Waals surface area contributed by atoms with Crippen LogP contribution in [-0.2, 0) is 6.42 Å². The summed E-state index contributed by atoms with van der Waals surface area (Å²) >= 11 is 10.4. The van der Waals surface area contributed by atoms with Gasteiger partial charge in [0.1, 0.15) is 5.75 Å². The van der Waals surface area contributed by atoms with Gasteiger partial charge in [-0.1, -0.05) is 78.0 Å². The van der Waals surface area contributed by atoms with Crippen molar-refractivity contribution in [2.24, 2.45) is 10.8 Å². The summed E-state index contributed by atoms with van der Waals surface area (Å²) in [7, 11) is 0. The predicted molar refractivity (Wildman–Crippen MR) is 143 cm³/mol. The van der Waals surface area contributed by atoms with E-state index in [1.165, 1.54) is 44.1 Å². The quantitative estimate of drug-likeness (QED) is 0.239. The Morgan fingerprint density at radius 1 is 1.06 bits per heavy atom. The van der Waals surface area contributed by atoms with Gasteiger partial charge in [0.05, 0.1) is 0 Å². The number of thiocarbonyl (C=S) groups is 2. The van der Waals surface area contributed by atoms with E-state index >= 15 is 0 Å². The molecule has 1 aliphatic carbocycles. The SMILES string of the molecule is CCCCCCCCc1ccccc1OC(=S)NCC1(C)CC(NC(O)=S)CC(C)(C)C1. The van der Waals surface area contributed by atoms with Gasteiger partial charge in [-0.3, -0.25) is 0 Å². The largest absolute Gasteiger partial charge is 0.487 e. The number of para-hydroxylation sites is 1. The van der Waals surface area contributed by atoms with Crippen molar-refractivity contribution >= 4 is 34.8 Å². The summed E-state index contributed by atoms with van der Waals surface area (Å²) in [6.07, 6.45) is 11.7. The van der Waals surface area contributed by atoms with Gasteiger partial charge in [-0.2, -0.15) is 0 Å². The Hall–Kier alpha value is -1.40. The van der Waals surface area contributed by atoms with E-state index in [0.29, 0.717) is 5.17 Å². The molecule has 1 aliphatic rings. The van der Waals surface area contributed by atoms with Crippen LogP contribution < -0.4 is 15.4 Å². The van der Waals surface area contributed by atoms with Crippen molar-refractivity contribution in [1.82, 2.24) is 10.6 Å². The monoisotopic (exact) mass is 478 g/mol. The molecule has 180 valence electrons. The van der Waals surface area contributed by atoms with Gasteiger partial charge in [-0.25, -0.2) is 0 Å². The first-order valence-corrected chi connectivity index (χ1v) is 13.0. The Balaban J connectivity index is 1.87. The molecular weight excluding hydrogens is 436 g/mol. The molecule has 2 atom stereocenters. The minimum atomic E-state index is -0.121. The summed E-state index contributed by atoms with van der Waals surface area (Å²) < 4.78 is 6.06. The molecule has 0 bridgehead atoms. The maximum absolute atomic E-state index is 9.53. The number of rotatable bonds is 11. The van der Waals surface area contributed by atoms with Gasteiger partial charge < -0.3 is 20.5 Å². The first-order chi connectivity index (χ1) is 15.1. The number of aryl methyl sites for hydroxylation is 1. The van der Waals surface area contributed by atoms with Gasteiger partial charge in [0, 0.05) is 12.6 Å². The number of aliphatic hydroxyl groups excluding tert-OH is 1. The fourth-order valence-corrected chi connectivity index (χ4v) is 5.70. The van der Waals surface area contributed by atoms with E-state index < -0.39 is 0 Å². The van der Waals surface area contributed by atoms with Crippen molar-refractivity contribution < 1.29 is 9.84 Å². The summed E-state index contributed by atoms with van der Waals surface area (Å²) in [6, 6.07) is 8.38. The number of hydrogen-bond donors (Lipinski definition) is 3. The standard InChI is InChI=1S/C26H42N2O2S2/c1-5-6-7-8-9-10-13-20-14-11-12-15-22(20)30-24(32)27-19-26(4)17-21(28-23(29)31)16-25(2,3)18-26/h11-12,14-15,21H,5-10,13,16-19H2,1-4H3,(H,27,32)(H2,28,29,31). The topological polar surface area (TPSA) is 53.5 Å². The van der Waals surface area contributed by atoms with Crippen LogP contribution in [0.3, 0.4) is 0 Å². The second kappa shape index (κ2) is 12.7.